The van der Waals surface area contributed by atoms with Crippen LogP contribution in [0.15, 0.2) is 6.20 Å². The summed E-state index contributed by atoms with van der Waals surface area (Å²) in [5.74, 6) is 0.681. The van der Waals surface area contributed by atoms with Crippen molar-refractivity contribution in [2.45, 2.75) is 52.6 Å². The van der Waals surface area contributed by atoms with E-state index in [-0.39, 0.29) is 10.6 Å². The zero-order valence-corrected chi connectivity index (χ0v) is 11.8. The lowest BCUT2D eigenvalue weighted by Gasteiger charge is -2.17. The standard InChI is InChI=1S/C14H21N3O2/c1-9-5-4-6-12(9)16-8-13-11(3)14(17(18)19)10(2)7-15-13/h7,9,12,16H,4-6,8H2,1-3H3. The fraction of sp³-hybridized carbons (Fsp3) is 0.643. The van der Waals surface area contributed by atoms with Crippen molar-refractivity contribution in [2.24, 2.45) is 5.92 Å². The van der Waals surface area contributed by atoms with Gasteiger partial charge >= 0.3 is 0 Å². The molecule has 1 aromatic rings. The van der Waals surface area contributed by atoms with Crippen LogP contribution >= 0.6 is 0 Å². The highest BCUT2D eigenvalue weighted by Gasteiger charge is 2.24. The van der Waals surface area contributed by atoms with Crippen LogP contribution in [0.2, 0.25) is 0 Å². The maximum atomic E-state index is 11.1. The predicted molar refractivity (Wildman–Crippen MR) is 74.0 cm³/mol. The summed E-state index contributed by atoms with van der Waals surface area (Å²) in [4.78, 5) is 15.1. The molecule has 1 aliphatic rings. The van der Waals surface area contributed by atoms with Gasteiger partial charge in [-0.05, 0) is 32.6 Å². The minimum Gasteiger partial charge on any atom is -0.308 e. The number of rotatable bonds is 4. The van der Waals surface area contributed by atoms with Gasteiger partial charge in [-0.25, -0.2) is 0 Å². The van der Waals surface area contributed by atoms with E-state index in [9.17, 15) is 10.1 Å². The topological polar surface area (TPSA) is 68.1 Å². The van der Waals surface area contributed by atoms with Gasteiger partial charge in [-0.2, -0.15) is 0 Å². The summed E-state index contributed by atoms with van der Waals surface area (Å²) >= 11 is 0. The smallest absolute Gasteiger partial charge is 0.278 e. The van der Waals surface area contributed by atoms with Crippen molar-refractivity contribution in [2.75, 3.05) is 0 Å². The van der Waals surface area contributed by atoms with E-state index in [1.807, 2.05) is 0 Å². The molecule has 0 radical (unpaired) electrons. The van der Waals surface area contributed by atoms with Crippen LogP contribution in [0.25, 0.3) is 0 Å². The average Bonchev–Trinajstić information content (AvgIpc) is 2.73. The largest absolute Gasteiger partial charge is 0.308 e. The molecular weight excluding hydrogens is 242 g/mol. The van der Waals surface area contributed by atoms with Crippen molar-refractivity contribution in [1.29, 1.82) is 0 Å². The number of hydrogen-bond donors (Lipinski definition) is 1. The summed E-state index contributed by atoms with van der Waals surface area (Å²) in [6, 6.07) is 0.515. The Balaban J connectivity index is 2.12. The molecule has 5 heteroatoms. The second kappa shape index (κ2) is 5.65. The Morgan fingerprint density at radius 1 is 1.47 bits per heavy atom. The Morgan fingerprint density at radius 3 is 2.79 bits per heavy atom. The SMILES string of the molecule is Cc1cnc(CNC2CCCC2C)c(C)c1[N+](=O)[O-]. The van der Waals surface area contributed by atoms with Gasteiger partial charge in [0.2, 0.25) is 0 Å². The van der Waals surface area contributed by atoms with Crippen LogP contribution in [0, 0.1) is 29.9 Å². The average molecular weight is 263 g/mol. The summed E-state index contributed by atoms with van der Waals surface area (Å²) < 4.78 is 0. The monoisotopic (exact) mass is 263 g/mol. The van der Waals surface area contributed by atoms with Gasteiger partial charge in [0.15, 0.2) is 0 Å². The van der Waals surface area contributed by atoms with Crippen LogP contribution in [0.3, 0.4) is 0 Å². The molecule has 0 saturated heterocycles. The minimum atomic E-state index is -0.311. The molecule has 1 saturated carbocycles. The normalized spacial score (nSPS) is 22.7. The van der Waals surface area contributed by atoms with Gasteiger partial charge in [0.05, 0.1) is 10.6 Å². The summed E-state index contributed by atoms with van der Waals surface area (Å²) in [5.41, 5.74) is 2.30. The van der Waals surface area contributed by atoms with Crippen molar-refractivity contribution >= 4 is 5.69 Å². The maximum Gasteiger partial charge on any atom is 0.278 e. The van der Waals surface area contributed by atoms with E-state index in [1.54, 1.807) is 20.0 Å². The van der Waals surface area contributed by atoms with Crippen molar-refractivity contribution in [3.63, 3.8) is 0 Å². The third-order valence-corrected chi connectivity index (χ3v) is 4.15. The number of nitrogens with zero attached hydrogens (tertiary/aromatic N) is 2. The van der Waals surface area contributed by atoms with E-state index in [0.29, 0.717) is 29.6 Å². The molecule has 0 bridgehead atoms. The first kappa shape index (κ1) is 13.9. The molecule has 104 valence electrons. The Hall–Kier alpha value is -1.49. The lowest BCUT2D eigenvalue weighted by Crippen LogP contribution is -2.31. The Labute approximate surface area is 113 Å². The van der Waals surface area contributed by atoms with Gasteiger partial charge in [0.25, 0.3) is 5.69 Å². The molecule has 2 unspecified atom stereocenters. The molecule has 1 aliphatic carbocycles. The van der Waals surface area contributed by atoms with Crippen molar-refractivity contribution in [3.8, 4) is 0 Å². The fourth-order valence-corrected chi connectivity index (χ4v) is 2.90. The molecule has 1 fully saturated rings. The molecule has 19 heavy (non-hydrogen) atoms. The Morgan fingerprint density at radius 2 is 2.21 bits per heavy atom. The van der Waals surface area contributed by atoms with Gasteiger partial charge in [-0.1, -0.05) is 13.3 Å². The molecule has 1 N–H and O–H groups in total. The maximum absolute atomic E-state index is 11.1. The molecule has 0 amide bonds. The van der Waals surface area contributed by atoms with Gasteiger partial charge in [0, 0.05) is 29.9 Å². The fourth-order valence-electron chi connectivity index (χ4n) is 2.90. The number of nitrogens with one attached hydrogen (secondary N) is 1. The molecule has 0 aliphatic heterocycles. The number of hydrogen-bond acceptors (Lipinski definition) is 4. The Kier molecular flexibility index (Phi) is 4.14. The van der Waals surface area contributed by atoms with Crippen molar-refractivity contribution < 1.29 is 4.92 Å². The second-order valence-electron chi connectivity index (χ2n) is 5.51. The van der Waals surface area contributed by atoms with Crippen molar-refractivity contribution in [1.82, 2.24) is 10.3 Å². The molecule has 2 atom stereocenters. The molecule has 1 aromatic heterocycles. The molecule has 5 nitrogen and oxygen atoms in total. The van der Waals surface area contributed by atoms with Crippen LogP contribution in [0.4, 0.5) is 5.69 Å². The predicted octanol–water partition coefficient (Wildman–Crippen LogP) is 2.88. The molecule has 2 rings (SSSR count). The first-order valence-corrected chi connectivity index (χ1v) is 6.83. The van der Waals surface area contributed by atoms with E-state index >= 15 is 0 Å². The molecular formula is C14H21N3O2. The van der Waals surface area contributed by atoms with Crippen LogP contribution in [-0.2, 0) is 6.54 Å². The Bertz CT molecular complexity index is 488. The number of aryl methyl sites for hydroxylation is 1. The number of nitro groups is 1. The van der Waals surface area contributed by atoms with Gasteiger partial charge < -0.3 is 5.32 Å². The van der Waals surface area contributed by atoms with Gasteiger partial charge in [0.1, 0.15) is 0 Å². The first-order chi connectivity index (χ1) is 9.00. The van der Waals surface area contributed by atoms with Crippen LogP contribution in [0.5, 0.6) is 0 Å². The first-order valence-electron chi connectivity index (χ1n) is 6.83. The zero-order valence-electron chi connectivity index (χ0n) is 11.8. The number of pyridine rings is 1. The van der Waals surface area contributed by atoms with Gasteiger partial charge in [-0.15, -0.1) is 0 Å². The van der Waals surface area contributed by atoms with Crippen LogP contribution in [-0.4, -0.2) is 15.9 Å². The van der Waals surface area contributed by atoms with Gasteiger partial charge in [-0.3, -0.25) is 15.1 Å². The summed E-state index contributed by atoms with van der Waals surface area (Å²) in [5, 5.41) is 14.6. The zero-order chi connectivity index (χ0) is 14.0. The molecule has 1 heterocycles. The third kappa shape index (κ3) is 2.92. The van der Waals surface area contributed by atoms with E-state index < -0.39 is 0 Å². The van der Waals surface area contributed by atoms with E-state index in [0.717, 1.165) is 5.69 Å². The van der Waals surface area contributed by atoms with E-state index in [1.165, 1.54) is 19.3 Å². The summed E-state index contributed by atoms with van der Waals surface area (Å²) in [6.07, 6.45) is 5.31. The van der Waals surface area contributed by atoms with E-state index in [4.69, 9.17) is 0 Å². The highest BCUT2D eigenvalue weighted by Crippen LogP contribution is 2.27. The quantitative estimate of drug-likeness (QED) is 0.670. The molecule has 0 aromatic carbocycles. The minimum absolute atomic E-state index is 0.200. The lowest BCUT2D eigenvalue weighted by atomic mass is 10.1. The second-order valence-corrected chi connectivity index (χ2v) is 5.51. The van der Waals surface area contributed by atoms with E-state index in [2.05, 4.69) is 17.2 Å². The summed E-state index contributed by atoms with van der Waals surface area (Å²) in [7, 11) is 0. The highest BCUT2D eigenvalue weighted by atomic mass is 16.6. The lowest BCUT2D eigenvalue weighted by molar-refractivity contribution is -0.386. The molecule has 0 spiro atoms. The summed E-state index contributed by atoms with van der Waals surface area (Å²) in [6.45, 7) is 6.38. The highest BCUT2D eigenvalue weighted by molar-refractivity contribution is 5.47. The third-order valence-electron chi connectivity index (χ3n) is 4.15. The number of aromatic nitrogens is 1. The van der Waals surface area contributed by atoms with Crippen LogP contribution < -0.4 is 5.32 Å². The van der Waals surface area contributed by atoms with Crippen LogP contribution in [0.1, 0.15) is 43.0 Å². The van der Waals surface area contributed by atoms with Crippen molar-refractivity contribution in [3.05, 3.63) is 33.1 Å².